The van der Waals surface area contributed by atoms with Gasteiger partial charge in [0.1, 0.15) is 5.75 Å². The second-order valence-corrected chi connectivity index (χ2v) is 5.85. The fourth-order valence-corrected chi connectivity index (χ4v) is 3.78. The van der Waals surface area contributed by atoms with Crippen molar-refractivity contribution in [2.75, 3.05) is 12.0 Å². The zero-order valence-electron chi connectivity index (χ0n) is 12.2. The Labute approximate surface area is 127 Å². The summed E-state index contributed by atoms with van der Waals surface area (Å²) in [7, 11) is 1.64. The van der Waals surface area contributed by atoms with Crippen LogP contribution in [-0.2, 0) is 6.42 Å². The second-order valence-electron chi connectivity index (χ2n) is 5.85. The van der Waals surface area contributed by atoms with E-state index < -0.39 is 11.8 Å². The highest BCUT2D eigenvalue weighted by molar-refractivity contribution is 5.56. The minimum absolute atomic E-state index is 0.0738. The largest absolute Gasteiger partial charge is 0.497 e. The highest BCUT2D eigenvalue weighted by atomic mass is 19.2. The number of halogens is 2. The minimum atomic E-state index is -0.990. The summed E-state index contributed by atoms with van der Waals surface area (Å²) in [6.45, 7) is 0. The number of benzene rings is 1. The molecule has 1 aromatic carbocycles. The molecular formula is C17H16F2N2O. The van der Waals surface area contributed by atoms with E-state index in [9.17, 15) is 8.78 Å². The first-order valence-corrected chi connectivity index (χ1v) is 7.44. The molecule has 1 aromatic heterocycles. The van der Waals surface area contributed by atoms with Crippen molar-refractivity contribution in [3.8, 4) is 5.75 Å². The number of rotatable bonds is 2. The molecule has 0 aliphatic carbocycles. The van der Waals surface area contributed by atoms with Gasteiger partial charge in [0, 0.05) is 23.5 Å². The SMILES string of the molecule is COc1ccc(N2C3CCC2c2cnc(F)c(F)c2C3)cc1. The van der Waals surface area contributed by atoms with Crippen LogP contribution in [0.4, 0.5) is 14.5 Å². The number of aromatic nitrogens is 1. The molecule has 2 aliphatic heterocycles. The van der Waals surface area contributed by atoms with Crippen LogP contribution in [0.25, 0.3) is 0 Å². The fraction of sp³-hybridized carbons (Fsp3) is 0.353. The van der Waals surface area contributed by atoms with E-state index in [1.807, 2.05) is 24.3 Å². The lowest BCUT2D eigenvalue weighted by Gasteiger charge is -2.38. The molecule has 2 bridgehead atoms. The van der Waals surface area contributed by atoms with Gasteiger partial charge in [-0.05, 0) is 49.1 Å². The first-order valence-electron chi connectivity index (χ1n) is 7.44. The molecule has 0 radical (unpaired) electrons. The number of methoxy groups -OCH3 is 1. The number of anilines is 1. The lowest BCUT2D eigenvalue weighted by molar-refractivity contribution is 0.414. The van der Waals surface area contributed by atoms with Crippen molar-refractivity contribution in [1.29, 1.82) is 0 Å². The van der Waals surface area contributed by atoms with Gasteiger partial charge in [0.05, 0.1) is 13.2 Å². The van der Waals surface area contributed by atoms with Crippen LogP contribution in [0.1, 0.15) is 30.0 Å². The van der Waals surface area contributed by atoms with Gasteiger partial charge in [0.15, 0.2) is 5.82 Å². The van der Waals surface area contributed by atoms with E-state index in [1.54, 1.807) is 7.11 Å². The summed E-state index contributed by atoms with van der Waals surface area (Å²) in [5.41, 5.74) is 2.41. The molecule has 2 aromatic rings. The van der Waals surface area contributed by atoms with Gasteiger partial charge in [0.2, 0.25) is 5.95 Å². The van der Waals surface area contributed by atoms with Gasteiger partial charge in [-0.25, -0.2) is 9.37 Å². The summed E-state index contributed by atoms with van der Waals surface area (Å²) in [6.07, 6.45) is 3.95. The lowest BCUT2D eigenvalue weighted by Crippen LogP contribution is -2.38. The Balaban J connectivity index is 1.75. The highest BCUT2D eigenvalue weighted by Crippen LogP contribution is 2.46. The van der Waals surface area contributed by atoms with E-state index in [0.717, 1.165) is 29.8 Å². The molecule has 2 atom stereocenters. The smallest absolute Gasteiger partial charge is 0.249 e. The third-order valence-corrected chi connectivity index (χ3v) is 4.78. The summed E-state index contributed by atoms with van der Waals surface area (Å²) >= 11 is 0. The molecule has 2 unspecified atom stereocenters. The monoisotopic (exact) mass is 302 g/mol. The van der Waals surface area contributed by atoms with Crippen molar-refractivity contribution in [3.05, 3.63) is 53.4 Å². The normalized spacial score (nSPS) is 22.6. The highest BCUT2D eigenvalue weighted by Gasteiger charge is 2.41. The van der Waals surface area contributed by atoms with E-state index >= 15 is 0 Å². The molecule has 22 heavy (non-hydrogen) atoms. The van der Waals surface area contributed by atoms with Crippen LogP contribution in [0.5, 0.6) is 5.75 Å². The number of pyridine rings is 1. The molecule has 0 saturated carbocycles. The van der Waals surface area contributed by atoms with E-state index in [-0.39, 0.29) is 12.1 Å². The molecule has 2 aliphatic rings. The number of hydrogen-bond donors (Lipinski definition) is 0. The van der Waals surface area contributed by atoms with Crippen LogP contribution in [0.15, 0.2) is 30.5 Å². The van der Waals surface area contributed by atoms with Crippen molar-refractivity contribution in [2.45, 2.75) is 31.3 Å². The summed E-state index contributed by atoms with van der Waals surface area (Å²) < 4.78 is 32.6. The summed E-state index contributed by atoms with van der Waals surface area (Å²) in [5.74, 6) is -0.955. The van der Waals surface area contributed by atoms with Gasteiger partial charge in [-0.15, -0.1) is 0 Å². The summed E-state index contributed by atoms with van der Waals surface area (Å²) in [4.78, 5) is 5.88. The Hall–Kier alpha value is -2.17. The predicted octanol–water partition coefficient (Wildman–Crippen LogP) is 3.63. The first kappa shape index (κ1) is 13.5. The molecule has 1 saturated heterocycles. The van der Waals surface area contributed by atoms with Gasteiger partial charge < -0.3 is 9.64 Å². The lowest BCUT2D eigenvalue weighted by atomic mass is 9.94. The van der Waals surface area contributed by atoms with E-state index in [4.69, 9.17) is 4.74 Å². The molecule has 4 rings (SSSR count). The Morgan fingerprint density at radius 1 is 1.18 bits per heavy atom. The molecule has 0 amide bonds. The maximum absolute atomic E-state index is 14.0. The average Bonchev–Trinajstić information content (AvgIpc) is 2.86. The molecule has 114 valence electrons. The van der Waals surface area contributed by atoms with Crippen molar-refractivity contribution >= 4 is 5.69 Å². The zero-order chi connectivity index (χ0) is 15.3. The van der Waals surface area contributed by atoms with Crippen molar-refractivity contribution in [3.63, 3.8) is 0 Å². The molecule has 3 nitrogen and oxygen atoms in total. The Morgan fingerprint density at radius 2 is 1.95 bits per heavy atom. The van der Waals surface area contributed by atoms with Crippen LogP contribution in [0, 0.1) is 11.8 Å². The fourth-order valence-electron chi connectivity index (χ4n) is 3.78. The minimum Gasteiger partial charge on any atom is -0.497 e. The van der Waals surface area contributed by atoms with Crippen LogP contribution in [0.3, 0.4) is 0 Å². The quantitative estimate of drug-likeness (QED) is 0.792. The molecule has 0 spiro atoms. The zero-order valence-corrected chi connectivity index (χ0v) is 12.2. The van der Waals surface area contributed by atoms with Gasteiger partial charge in [0.25, 0.3) is 0 Å². The summed E-state index contributed by atoms with van der Waals surface area (Å²) in [5, 5.41) is 0. The maximum Gasteiger partial charge on any atom is 0.249 e. The standard InChI is InChI=1S/C17H16F2N2O/c1-22-12-5-2-10(3-6-12)21-11-4-7-15(21)14-9-20-17(19)16(18)13(14)8-11/h2-3,5-6,9,11,15H,4,7-8H2,1H3. The van der Waals surface area contributed by atoms with Gasteiger partial charge in [-0.2, -0.15) is 4.39 Å². The van der Waals surface area contributed by atoms with Crippen LogP contribution < -0.4 is 9.64 Å². The first-order chi connectivity index (χ1) is 10.7. The Morgan fingerprint density at radius 3 is 2.68 bits per heavy atom. The molecular weight excluding hydrogens is 286 g/mol. The third-order valence-electron chi connectivity index (χ3n) is 4.78. The van der Waals surface area contributed by atoms with Crippen LogP contribution in [0.2, 0.25) is 0 Å². The maximum atomic E-state index is 14.0. The number of fused-ring (bicyclic) bond motifs is 4. The number of hydrogen-bond acceptors (Lipinski definition) is 3. The van der Waals surface area contributed by atoms with Crippen LogP contribution in [-0.4, -0.2) is 18.1 Å². The van der Waals surface area contributed by atoms with Crippen molar-refractivity contribution < 1.29 is 13.5 Å². The number of ether oxygens (including phenoxy) is 1. The van der Waals surface area contributed by atoms with Gasteiger partial charge in [-0.3, -0.25) is 0 Å². The Bertz CT molecular complexity index is 717. The van der Waals surface area contributed by atoms with Crippen molar-refractivity contribution in [1.82, 2.24) is 4.98 Å². The molecule has 0 N–H and O–H groups in total. The second kappa shape index (κ2) is 4.93. The van der Waals surface area contributed by atoms with E-state index in [2.05, 4.69) is 9.88 Å². The molecule has 3 heterocycles. The van der Waals surface area contributed by atoms with Gasteiger partial charge >= 0.3 is 0 Å². The van der Waals surface area contributed by atoms with Crippen LogP contribution >= 0.6 is 0 Å². The molecule has 5 heteroatoms. The van der Waals surface area contributed by atoms with Gasteiger partial charge in [-0.1, -0.05) is 0 Å². The van der Waals surface area contributed by atoms with Crippen molar-refractivity contribution in [2.24, 2.45) is 0 Å². The third kappa shape index (κ3) is 1.88. The van der Waals surface area contributed by atoms with E-state index in [1.165, 1.54) is 6.20 Å². The Kier molecular flexibility index (Phi) is 3.03. The summed E-state index contributed by atoms with van der Waals surface area (Å²) in [6, 6.07) is 8.17. The van der Waals surface area contributed by atoms with E-state index in [0.29, 0.717) is 12.0 Å². The topological polar surface area (TPSA) is 25.4 Å². The number of nitrogens with zero attached hydrogens (tertiary/aromatic N) is 2. The molecule has 1 fully saturated rings. The average molecular weight is 302 g/mol. The predicted molar refractivity (Wildman–Crippen MR) is 79.1 cm³/mol.